The van der Waals surface area contributed by atoms with Crippen LogP contribution in [0, 0.1) is 6.92 Å². The highest BCUT2D eigenvalue weighted by molar-refractivity contribution is 5.76. The molecule has 2 aromatic heterocycles. The van der Waals surface area contributed by atoms with E-state index in [9.17, 15) is 4.79 Å². The van der Waals surface area contributed by atoms with Crippen LogP contribution in [0.5, 0.6) is 0 Å². The summed E-state index contributed by atoms with van der Waals surface area (Å²) in [6.07, 6.45) is 2.28. The Morgan fingerprint density at radius 3 is 2.94 bits per heavy atom. The molecule has 18 heavy (non-hydrogen) atoms. The van der Waals surface area contributed by atoms with Gasteiger partial charge in [-0.15, -0.1) is 5.10 Å². The van der Waals surface area contributed by atoms with Crippen LogP contribution in [0.25, 0.3) is 5.65 Å². The number of hydrogen-bond acceptors (Lipinski definition) is 4. The first-order valence-corrected chi connectivity index (χ1v) is 5.84. The van der Waals surface area contributed by atoms with Gasteiger partial charge >= 0.3 is 0 Å². The summed E-state index contributed by atoms with van der Waals surface area (Å²) in [6, 6.07) is 3.92. The molecule has 0 radical (unpaired) electrons. The van der Waals surface area contributed by atoms with Crippen molar-refractivity contribution in [3.8, 4) is 0 Å². The molecule has 0 spiro atoms. The lowest BCUT2D eigenvalue weighted by Gasteiger charge is -2.09. The normalized spacial score (nSPS) is 10.6. The van der Waals surface area contributed by atoms with Crippen molar-refractivity contribution in [2.75, 3.05) is 26.0 Å². The Hall–Kier alpha value is -2.11. The van der Waals surface area contributed by atoms with Crippen molar-refractivity contribution in [2.24, 2.45) is 0 Å². The van der Waals surface area contributed by atoms with Crippen LogP contribution in [0.1, 0.15) is 12.0 Å². The largest absolute Gasteiger partial charge is 0.352 e. The van der Waals surface area contributed by atoms with Crippen LogP contribution in [0.2, 0.25) is 0 Å². The maximum absolute atomic E-state index is 11.4. The third-order valence-electron chi connectivity index (χ3n) is 2.68. The van der Waals surface area contributed by atoms with Gasteiger partial charge in [-0.1, -0.05) is 6.07 Å². The third kappa shape index (κ3) is 2.58. The van der Waals surface area contributed by atoms with Crippen molar-refractivity contribution in [3.63, 3.8) is 0 Å². The van der Waals surface area contributed by atoms with E-state index >= 15 is 0 Å². The quantitative estimate of drug-likeness (QED) is 0.873. The summed E-state index contributed by atoms with van der Waals surface area (Å²) in [4.78, 5) is 17.3. The van der Waals surface area contributed by atoms with Gasteiger partial charge in [-0.05, 0) is 18.6 Å². The van der Waals surface area contributed by atoms with Gasteiger partial charge in [-0.25, -0.2) is 4.52 Å². The zero-order valence-corrected chi connectivity index (χ0v) is 10.8. The van der Waals surface area contributed by atoms with Crippen LogP contribution in [0.15, 0.2) is 18.3 Å². The fourth-order valence-corrected chi connectivity index (χ4v) is 1.62. The minimum atomic E-state index is 0.0856. The molecule has 2 aromatic rings. The maximum atomic E-state index is 11.4. The highest BCUT2D eigenvalue weighted by Gasteiger charge is 2.06. The summed E-state index contributed by atoms with van der Waals surface area (Å²) in [6.45, 7) is 2.52. The number of aromatic nitrogens is 3. The number of hydrogen-bond donors (Lipinski definition) is 1. The number of pyridine rings is 1. The van der Waals surface area contributed by atoms with Gasteiger partial charge in [0.1, 0.15) is 0 Å². The molecule has 0 aliphatic rings. The molecule has 0 fully saturated rings. The van der Waals surface area contributed by atoms with Gasteiger partial charge in [0.15, 0.2) is 5.65 Å². The Bertz CT molecular complexity index is 561. The fourth-order valence-electron chi connectivity index (χ4n) is 1.62. The molecule has 2 rings (SSSR count). The molecule has 6 nitrogen and oxygen atoms in total. The van der Waals surface area contributed by atoms with Crippen LogP contribution in [-0.4, -0.2) is 46.0 Å². The molecule has 0 saturated carbocycles. The van der Waals surface area contributed by atoms with Crippen molar-refractivity contribution >= 4 is 17.5 Å². The van der Waals surface area contributed by atoms with E-state index in [0.717, 1.165) is 11.2 Å². The predicted molar refractivity (Wildman–Crippen MR) is 69.5 cm³/mol. The minimum absolute atomic E-state index is 0.0856. The number of anilines is 1. The first kappa shape index (κ1) is 12.3. The van der Waals surface area contributed by atoms with Gasteiger partial charge < -0.3 is 10.2 Å². The number of fused-ring (bicyclic) bond motifs is 1. The second-order valence-electron chi connectivity index (χ2n) is 4.36. The summed E-state index contributed by atoms with van der Waals surface area (Å²) < 4.78 is 1.73. The topological polar surface area (TPSA) is 62.5 Å². The van der Waals surface area contributed by atoms with Crippen LogP contribution in [0.3, 0.4) is 0 Å². The summed E-state index contributed by atoms with van der Waals surface area (Å²) in [5, 5.41) is 7.34. The van der Waals surface area contributed by atoms with E-state index in [1.165, 1.54) is 0 Å². The number of aryl methyl sites for hydroxylation is 1. The van der Waals surface area contributed by atoms with Crippen molar-refractivity contribution in [1.82, 2.24) is 19.5 Å². The van der Waals surface area contributed by atoms with Crippen molar-refractivity contribution in [1.29, 1.82) is 0 Å². The predicted octanol–water partition coefficient (Wildman–Crippen LogP) is 0.928. The Labute approximate surface area is 106 Å². The van der Waals surface area contributed by atoms with Gasteiger partial charge in [0, 0.05) is 33.3 Å². The molecule has 96 valence electrons. The second kappa shape index (κ2) is 5.03. The molecular weight excluding hydrogens is 230 g/mol. The Balaban J connectivity index is 2.00. The molecule has 0 aliphatic carbocycles. The van der Waals surface area contributed by atoms with E-state index in [2.05, 4.69) is 15.4 Å². The smallest absolute Gasteiger partial charge is 0.243 e. The molecule has 2 heterocycles. The van der Waals surface area contributed by atoms with Crippen molar-refractivity contribution in [2.45, 2.75) is 13.3 Å². The molecule has 0 aliphatic heterocycles. The molecule has 0 saturated heterocycles. The van der Waals surface area contributed by atoms with Gasteiger partial charge in [0.05, 0.1) is 0 Å². The Kier molecular flexibility index (Phi) is 3.45. The van der Waals surface area contributed by atoms with E-state index in [4.69, 9.17) is 0 Å². The zero-order valence-electron chi connectivity index (χ0n) is 10.8. The first-order valence-electron chi connectivity index (χ1n) is 5.84. The lowest BCUT2D eigenvalue weighted by Crippen LogP contribution is -2.24. The lowest BCUT2D eigenvalue weighted by molar-refractivity contribution is -0.128. The van der Waals surface area contributed by atoms with Gasteiger partial charge in [0.2, 0.25) is 11.9 Å². The summed E-state index contributed by atoms with van der Waals surface area (Å²) in [7, 11) is 3.49. The van der Waals surface area contributed by atoms with Crippen molar-refractivity contribution < 1.29 is 4.79 Å². The lowest BCUT2D eigenvalue weighted by atomic mass is 10.3. The van der Waals surface area contributed by atoms with Crippen molar-refractivity contribution in [3.05, 3.63) is 23.9 Å². The average molecular weight is 247 g/mol. The van der Waals surface area contributed by atoms with Crippen LogP contribution in [0.4, 0.5) is 5.95 Å². The molecular formula is C12H17N5O. The number of rotatable bonds is 4. The van der Waals surface area contributed by atoms with Gasteiger partial charge in [0.25, 0.3) is 0 Å². The Morgan fingerprint density at radius 1 is 1.50 bits per heavy atom. The molecule has 0 aromatic carbocycles. The maximum Gasteiger partial charge on any atom is 0.243 e. The molecule has 0 atom stereocenters. The molecule has 1 amide bonds. The number of nitrogens with zero attached hydrogens (tertiary/aromatic N) is 4. The SMILES string of the molecule is Cc1cccn2nc(NCCC(=O)N(C)C)nc12. The monoisotopic (exact) mass is 247 g/mol. The molecule has 1 N–H and O–H groups in total. The number of carbonyl (C=O) groups excluding carboxylic acids is 1. The Morgan fingerprint density at radius 2 is 2.28 bits per heavy atom. The molecule has 0 unspecified atom stereocenters. The van der Waals surface area contributed by atoms with Gasteiger partial charge in [-0.2, -0.15) is 4.98 Å². The number of nitrogens with one attached hydrogen (secondary N) is 1. The van der Waals surface area contributed by atoms with Gasteiger partial charge in [-0.3, -0.25) is 4.79 Å². The highest BCUT2D eigenvalue weighted by Crippen LogP contribution is 2.09. The number of amides is 1. The average Bonchev–Trinajstić information content (AvgIpc) is 2.73. The highest BCUT2D eigenvalue weighted by atomic mass is 16.2. The van der Waals surface area contributed by atoms with E-state index in [-0.39, 0.29) is 5.91 Å². The third-order valence-corrected chi connectivity index (χ3v) is 2.68. The van der Waals surface area contributed by atoms with Crippen LogP contribution < -0.4 is 5.32 Å². The second-order valence-corrected chi connectivity index (χ2v) is 4.36. The van der Waals surface area contributed by atoms with E-state index in [1.54, 1.807) is 23.5 Å². The zero-order chi connectivity index (χ0) is 13.1. The summed E-state index contributed by atoms with van der Waals surface area (Å²) in [5.41, 5.74) is 1.90. The summed E-state index contributed by atoms with van der Waals surface area (Å²) in [5.74, 6) is 0.637. The van der Waals surface area contributed by atoms with Crippen LogP contribution >= 0.6 is 0 Å². The summed E-state index contributed by atoms with van der Waals surface area (Å²) >= 11 is 0. The fraction of sp³-hybridized carbons (Fsp3) is 0.417. The molecule has 6 heteroatoms. The van der Waals surface area contributed by atoms with E-state index < -0.39 is 0 Å². The van der Waals surface area contributed by atoms with E-state index in [0.29, 0.717) is 18.9 Å². The number of carbonyl (C=O) groups is 1. The standard InChI is InChI=1S/C12H17N5O/c1-9-5-4-8-17-11(9)14-12(15-17)13-7-6-10(18)16(2)3/h4-5,8H,6-7H2,1-3H3,(H,13,15). The molecule has 0 bridgehead atoms. The van der Waals surface area contributed by atoms with Crippen LogP contribution in [-0.2, 0) is 4.79 Å². The van der Waals surface area contributed by atoms with E-state index in [1.807, 2.05) is 25.3 Å². The minimum Gasteiger partial charge on any atom is -0.352 e. The first-order chi connectivity index (χ1) is 8.58.